The lowest BCUT2D eigenvalue weighted by atomic mass is 10.0. The number of guanidine groups is 1. The standard InChI is InChI=1S/C25H33N5O2.HI/c1-19-20(2)32-24(28-19)17-27-25(26-13-10-23-9-6-16-31-23)29-22-11-14-30(15-12-22)18-21-7-4-3-5-8-21;/h3-9,16,22H,10-15,17-18H2,1-2H3,(H2,26,27,29);1H. The van der Waals surface area contributed by atoms with Gasteiger partial charge in [-0.2, -0.15) is 0 Å². The molecule has 0 bridgehead atoms. The molecule has 1 saturated heterocycles. The zero-order valence-electron chi connectivity index (χ0n) is 19.4. The van der Waals surface area contributed by atoms with Crippen LogP contribution < -0.4 is 10.6 Å². The summed E-state index contributed by atoms with van der Waals surface area (Å²) in [5.41, 5.74) is 2.29. The summed E-state index contributed by atoms with van der Waals surface area (Å²) in [6, 6.07) is 15.0. The number of aliphatic imine (C=N–C) groups is 1. The lowest BCUT2D eigenvalue weighted by molar-refractivity contribution is 0.198. The molecule has 8 heteroatoms. The molecule has 3 aromatic rings. The minimum atomic E-state index is 0. The quantitative estimate of drug-likeness (QED) is 0.240. The number of aromatic nitrogens is 1. The summed E-state index contributed by atoms with van der Waals surface area (Å²) in [5.74, 6) is 3.25. The Labute approximate surface area is 213 Å². The minimum Gasteiger partial charge on any atom is -0.469 e. The Kier molecular flexibility index (Phi) is 9.80. The zero-order chi connectivity index (χ0) is 22.2. The molecule has 1 aromatic carbocycles. The van der Waals surface area contributed by atoms with Gasteiger partial charge in [0.15, 0.2) is 5.96 Å². The van der Waals surface area contributed by atoms with Crippen molar-refractivity contribution in [2.24, 2.45) is 4.99 Å². The van der Waals surface area contributed by atoms with Gasteiger partial charge in [0.1, 0.15) is 18.1 Å². The molecule has 1 aliphatic rings. The molecule has 4 rings (SSSR count). The molecule has 2 aromatic heterocycles. The van der Waals surface area contributed by atoms with Gasteiger partial charge in [-0.15, -0.1) is 24.0 Å². The van der Waals surface area contributed by atoms with Gasteiger partial charge in [0.25, 0.3) is 0 Å². The van der Waals surface area contributed by atoms with E-state index in [4.69, 9.17) is 13.8 Å². The second-order valence-corrected chi connectivity index (χ2v) is 8.35. The van der Waals surface area contributed by atoms with E-state index in [1.54, 1.807) is 6.26 Å². The summed E-state index contributed by atoms with van der Waals surface area (Å²) in [6.07, 6.45) is 4.69. The van der Waals surface area contributed by atoms with Crippen molar-refractivity contribution in [3.63, 3.8) is 0 Å². The van der Waals surface area contributed by atoms with Gasteiger partial charge in [0.05, 0.1) is 12.0 Å². The lowest BCUT2D eigenvalue weighted by Gasteiger charge is -2.33. The Morgan fingerprint density at radius 3 is 2.58 bits per heavy atom. The molecular formula is C25H34IN5O2. The van der Waals surface area contributed by atoms with Gasteiger partial charge in [-0.25, -0.2) is 9.98 Å². The van der Waals surface area contributed by atoms with Gasteiger partial charge in [-0.3, -0.25) is 4.90 Å². The number of oxazole rings is 1. The average molecular weight is 563 g/mol. The summed E-state index contributed by atoms with van der Waals surface area (Å²) in [6.45, 7) is 8.20. The number of piperidine rings is 1. The maximum absolute atomic E-state index is 5.69. The number of aryl methyl sites for hydroxylation is 2. The molecule has 1 fully saturated rings. The summed E-state index contributed by atoms with van der Waals surface area (Å²) in [4.78, 5) is 11.7. The number of furan rings is 1. The first-order chi connectivity index (χ1) is 15.7. The summed E-state index contributed by atoms with van der Waals surface area (Å²) in [5, 5.41) is 7.07. The maximum atomic E-state index is 5.69. The molecule has 0 unspecified atom stereocenters. The third kappa shape index (κ3) is 7.89. The van der Waals surface area contributed by atoms with E-state index in [1.807, 2.05) is 26.0 Å². The zero-order valence-corrected chi connectivity index (χ0v) is 21.7. The Hall–Kier alpha value is -2.33. The van der Waals surface area contributed by atoms with Crippen molar-refractivity contribution in [3.05, 3.63) is 77.4 Å². The Morgan fingerprint density at radius 1 is 1.12 bits per heavy atom. The number of hydrogen-bond donors (Lipinski definition) is 2. The summed E-state index contributed by atoms with van der Waals surface area (Å²) >= 11 is 0. The molecule has 7 nitrogen and oxygen atoms in total. The first-order valence-electron chi connectivity index (χ1n) is 11.4. The highest BCUT2D eigenvalue weighted by molar-refractivity contribution is 14.0. The first kappa shape index (κ1) is 25.3. The van der Waals surface area contributed by atoms with E-state index in [9.17, 15) is 0 Å². The third-order valence-electron chi connectivity index (χ3n) is 5.87. The topological polar surface area (TPSA) is 78.8 Å². The van der Waals surface area contributed by atoms with Crippen LogP contribution in [0.25, 0.3) is 0 Å². The molecule has 178 valence electrons. The predicted molar refractivity (Wildman–Crippen MR) is 141 cm³/mol. The van der Waals surface area contributed by atoms with Crippen LogP contribution in [-0.4, -0.2) is 41.5 Å². The molecule has 0 amide bonds. The van der Waals surface area contributed by atoms with Crippen LogP contribution in [0.4, 0.5) is 0 Å². The molecule has 0 saturated carbocycles. The first-order valence-corrected chi connectivity index (χ1v) is 11.4. The second kappa shape index (κ2) is 12.8. The van der Waals surface area contributed by atoms with Crippen LogP contribution in [0.1, 0.15) is 41.5 Å². The van der Waals surface area contributed by atoms with Crippen LogP contribution in [0.5, 0.6) is 0 Å². The molecule has 0 radical (unpaired) electrons. The number of rotatable bonds is 8. The van der Waals surface area contributed by atoms with Gasteiger partial charge in [-0.1, -0.05) is 30.3 Å². The van der Waals surface area contributed by atoms with Crippen LogP contribution in [0, 0.1) is 13.8 Å². The number of nitrogens with zero attached hydrogens (tertiary/aromatic N) is 3. The highest BCUT2D eigenvalue weighted by atomic mass is 127. The monoisotopic (exact) mass is 563 g/mol. The van der Waals surface area contributed by atoms with Crippen LogP contribution in [0.2, 0.25) is 0 Å². The highest BCUT2D eigenvalue weighted by Gasteiger charge is 2.20. The van der Waals surface area contributed by atoms with Crippen molar-refractivity contribution in [3.8, 4) is 0 Å². The largest absolute Gasteiger partial charge is 0.469 e. The van der Waals surface area contributed by atoms with E-state index >= 15 is 0 Å². The van der Waals surface area contributed by atoms with Crippen LogP contribution in [0.15, 0.2) is 62.6 Å². The van der Waals surface area contributed by atoms with Crippen molar-refractivity contribution >= 4 is 29.9 Å². The summed E-state index contributed by atoms with van der Waals surface area (Å²) in [7, 11) is 0. The fraction of sp³-hybridized carbons (Fsp3) is 0.440. The van der Waals surface area contributed by atoms with Gasteiger partial charge in [0.2, 0.25) is 5.89 Å². The van der Waals surface area contributed by atoms with E-state index < -0.39 is 0 Å². The van der Waals surface area contributed by atoms with E-state index in [-0.39, 0.29) is 24.0 Å². The smallest absolute Gasteiger partial charge is 0.216 e. The van der Waals surface area contributed by atoms with E-state index in [1.165, 1.54) is 5.56 Å². The van der Waals surface area contributed by atoms with Crippen molar-refractivity contribution in [2.45, 2.75) is 52.2 Å². The fourth-order valence-electron chi connectivity index (χ4n) is 3.94. The molecule has 2 N–H and O–H groups in total. The average Bonchev–Trinajstić information content (AvgIpc) is 3.43. The number of hydrogen-bond acceptors (Lipinski definition) is 5. The Morgan fingerprint density at radius 2 is 1.91 bits per heavy atom. The molecule has 0 aliphatic carbocycles. The Bertz CT molecular complexity index is 960. The van der Waals surface area contributed by atoms with Crippen molar-refractivity contribution < 1.29 is 8.83 Å². The number of halogens is 1. The fourth-order valence-corrected chi connectivity index (χ4v) is 3.94. The lowest BCUT2D eigenvalue weighted by Crippen LogP contribution is -2.48. The normalized spacial score (nSPS) is 15.3. The van der Waals surface area contributed by atoms with Crippen LogP contribution in [-0.2, 0) is 19.5 Å². The van der Waals surface area contributed by atoms with Gasteiger partial charge >= 0.3 is 0 Å². The SMILES string of the molecule is Cc1nc(CN=C(NCCc2ccco2)NC2CCN(Cc3ccccc3)CC2)oc1C.I. The molecule has 1 aliphatic heterocycles. The van der Waals surface area contributed by atoms with Crippen molar-refractivity contribution in [2.75, 3.05) is 19.6 Å². The van der Waals surface area contributed by atoms with Gasteiger partial charge in [-0.05, 0) is 44.4 Å². The number of nitrogens with one attached hydrogen (secondary N) is 2. The minimum absolute atomic E-state index is 0. The molecule has 33 heavy (non-hydrogen) atoms. The van der Waals surface area contributed by atoms with Gasteiger partial charge in [0, 0.05) is 38.6 Å². The summed E-state index contributed by atoms with van der Waals surface area (Å²) < 4.78 is 11.1. The predicted octanol–water partition coefficient (Wildman–Crippen LogP) is 4.44. The third-order valence-corrected chi connectivity index (χ3v) is 5.87. The van der Waals surface area contributed by atoms with Crippen LogP contribution >= 0.6 is 24.0 Å². The molecular weight excluding hydrogens is 529 g/mol. The van der Waals surface area contributed by atoms with E-state index in [0.29, 0.717) is 18.5 Å². The molecule has 0 atom stereocenters. The van der Waals surface area contributed by atoms with E-state index in [2.05, 4.69) is 50.8 Å². The van der Waals surface area contributed by atoms with E-state index in [0.717, 1.165) is 68.6 Å². The number of likely N-dealkylation sites (tertiary alicyclic amines) is 1. The van der Waals surface area contributed by atoms with Gasteiger partial charge < -0.3 is 19.5 Å². The Balaban J connectivity index is 0.00000306. The number of benzene rings is 1. The van der Waals surface area contributed by atoms with Crippen molar-refractivity contribution in [1.29, 1.82) is 0 Å². The van der Waals surface area contributed by atoms with Crippen molar-refractivity contribution in [1.82, 2.24) is 20.5 Å². The molecule has 0 spiro atoms. The highest BCUT2D eigenvalue weighted by Crippen LogP contribution is 2.14. The maximum Gasteiger partial charge on any atom is 0.216 e. The second-order valence-electron chi connectivity index (χ2n) is 8.35. The molecule has 3 heterocycles. The van der Waals surface area contributed by atoms with Crippen LogP contribution in [0.3, 0.4) is 0 Å².